The SMILES string of the molecule is Clc1cccc2cncc(I)c12. The molecule has 0 aliphatic rings. The number of benzene rings is 1. The predicted molar refractivity (Wildman–Crippen MR) is 59.5 cm³/mol. The van der Waals surface area contributed by atoms with Crippen molar-refractivity contribution in [2.75, 3.05) is 0 Å². The fourth-order valence-electron chi connectivity index (χ4n) is 1.15. The number of hydrogen-bond acceptors (Lipinski definition) is 1. The van der Waals surface area contributed by atoms with E-state index < -0.39 is 0 Å². The Balaban J connectivity index is 2.96. The molecule has 1 aromatic heterocycles. The van der Waals surface area contributed by atoms with Gasteiger partial charge in [0.15, 0.2) is 0 Å². The van der Waals surface area contributed by atoms with Gasteiger partial charge in [0.05, 0.1) is 0 Å². The molecule has 0 fully saturated rings. The van der Waals surface area contributed by atoms with E-state index in [0.717, 1.165) is 19.4 Å². The summed E-state index contributed by atoms with van der Waals surface area (Å²) in [7, 11) is 0. The van der Waals surface area contributed by atoms with Crippen LogP contribution in [0.4, 0.5) is 0 Å². The van der Waals surface area contributed by atoms with Crippen molar-refractivity contribution in [1.82, 2.24) is 4.98 Å². The molecule has 60 valence electrons. The molecule has 2 rings (SSSR count). The minimum atomic E-state index is 0.791. The number of fused-ring (bicyclic) bond motifs is 1. The van der Waals surface area contributed by atoms with Crippen LogP contribution in [-0.4, -0.2) is 4.98 Å². The van der Waals surface area contributed by atoms with E-state index in [4.69, 9.17) is 11.6 Å². The summed E-state index contributed by atoms with van der Waals surface area (Å²) in [5.41, 5.74) is 0. The Morgan fingerprint density at radius 1 is 1.25 bits per heavy atom. The van der Waals surface area contributed by atoms with E-state index >= 15 is 0 Å². The Morgan fingerprint density at radius 3 is 2.83 bits per heavy atom. The fourth-order valence-corrected chi connectivity index (χ4v) is 2.35. The van der Waals surface area contributed by atoms with Gasteiger partial charge in [-0.25, -0.2) is 0 Å². The van der Waals surface area contributed by atoms with E-state index in [-0.39, 0.29) is 0 Å². The quantitative estimate of drug-likeness (QED) is 0.677. The summed E-state index contributed by atoms with van der Waals surface area (Å²) in [6.45, 7) is 0. The molecule has 0 unspecified atom stereocenters. The number of halogens is 2. The van der Waals surface area contributed by atoms with E-state index in [1.54, 1.807) is 0 Å². The second kappa shape index (κ2) is 3.18. The molecule has 0 radical (unpaired) electrons. The van der Waals surface area contributed by atoms with Crippen LogP contribution in [0.1, 0.15) is 0 Å². The lowest BCUT2D eigenvalue weighted by Crippen LogP contribution is -1.81. The molecule has 0 N–H and O–H groups in total. The highest BCUT2D eigenvalue weighted by Gasteiger charge is 2.01. The van der Waals surface area contributed by atoms with Gasteiger partial charge in [0.2, 0.25) is 0 Å². The highest BCUT2D eigenvalue weighted by atomic mass is 127. The molecule has 0 atom stereocenters. The van der Waals surface area contributed by atoms with Crippen molar-refractivity contribution in [1.29, 1.82) is 0 Å². The van der Waals surface area contributed by atoms with Gasteiger partial charge in [-0.15, -0.1) is 0 Å². The maximum atomic E-state index is 6.03. The molecule has 0 spiro atoms. The third-order valence-electron chi connectivity index (χ3n) is 1.69. The van der Waals surface area contributed by atoms with Crippen LogP contribution < -0.4 is 0 Å². The van der Waals surface area contributed by atoms with Crippen molar-refractivity contribution in [3.63, 3.8) is 0 Å². The van der Waals surface area contributed by atoms with E-state index in [1.807, 2.05) is 30.6 Å². The second-order valence-electron chi connectivity index (χ2n) is 2.46. The van der Waals surface area contributed by atoms with E-state index in [1.165, 1.54) is 0 Å². The minimum absolute atomic E-state index is 0.791. The van der Waals surface area contributed by atoms with Gasteiger partial charge in [-0.3, -0.25) is 4.98 Å². The molecule has 0 aliphatic heterocycles. The summed E-state index contributed by atoms with van der Waals surface area (Å²) in [6, 6.07) is 5.84. The van der Waals surface area contributed by atoms with E-state index in [0.29, 0.717) is 0 Å². The zero-order chi connectivity index (χ0) is 8.55. The molecule has 1 nitrogen and oxygen atoms in total. The van der Waals surface area contributed by atoms with Gasteiger partial charge in [-0.05, 0) is 28.7 Å². The first-order chi connectivity index (χ1) is 5.79. The maximum Gasteiger partial charge on any atom is 0.0496 e. The second-order valence-corrected chi connectivity index (χ2v) is 4.03. The normalized spacial score (nSPS) is 10.5. The Hall–Kier alpha value is -0.350. The highest BCUT2D eigenvalue weighted by Crippen LogP contribution is 2.26. The van der Waals surface area contributed by atoms with Gasteiger partial charge in [0, 0.05) is 31.8 Å². The van der Waals surface area contributed by atoms with Gasteiger partial charge >= 0.3 is 0 Å². The van der Waals surface area contributed by atoms with Crippen molar-refractivity contribution in [2.45, 2.75) is 0 Å². The number of nitrogens with zero attached hydrogens (tertiary/aromatic N) is 1. The van der Waals surface area contributed by atoms with Crippen LogP contribution in [-0.2, 0) is 0 Å². The average molecular weight is 290 g/mol. The van der Waals surface area contributed by atoms with Crippen LogP contribution in [0.5, 0.6) is 0 Å². The smallest absolute Gasteiger partial charge is 0.0496 e. The standard InChI is InChI=1S/C9H5ClIN/c10-7-3-1-2-6-4-12-5-8(11)9(6)7/h1-5H. The monoisotopic (exact) mass is 289 g/mol. The topological polar surface area (TPSA) is 12.9 Å². The van der Waals surface area contributed by atoms with Crippen LogP contribution in [0.25, 0.3) is 10.8 Å². The van der Waals surface area contributed by atoms with Crippen molar-refractivity contribution in [3.8, 4) is 0 Å². The maximum absolute atomic E-state index is 6.03. The fraction of sp³-hybridized carbons (Fsp3) is 0. The molecule has 1 aromatic carbocycles. The number of pyridine rings is 1. The highest BCUT2D eigenvalue weighted by molar-refractivity contribution is 14.1. The first-order valence-electron chi connectivity index (χ1n) is 3.47. The summed E-state index contributed by atoms with van der Waals surface area (Å²) in [5, 5.41) is 2.98. The van der Waals surface area contributed by atoms with Crippen molar-refractivity contribution in [3.05, 3.63) is 39.2 Å². The van der Waals surface area contributed by atoms with Crippen LogP contribution in [0, 0.1) is 3.57 Å². The Labute approximate surface area is 88.9 Å². The van der Waals surface area contributed by atoms with Crippen LogP contribution >= 0.6 is 34.2 Å². The molecule has 0 saturated heterocycles. The molecular weight excluding hydrogens is 284 g/mol. The van der Waals surface area contributed by atoms with E-state index in [9.17, 15) is 0 Å². The Morgan fingerprint density at radius 2 is 2.08 bits per heavy atom. The van der Waals surface area contributed by atoms with E-state index in [2.05, 4.69) is 27.6 Å². The van der Waals surface area contributed by atoms with Crippen molar-refractivity contribution < 1.29 is 0 Å². The van der Waals surface area contributed by atoms with Crippen molar-refractivity contribution >= 4 is 45.0 Å². The first-order valence-corrected chi connectivity index (χ1v) is 4.92. The zero-order valence-corrected chi connectivity index (χ0v) is 9.00. The van der Waals surface area contributed by atoms with Crippen molar-refractivity contribution in [2.24, 2.45) is 0 Å². The average Bonchev–Trinajstić information content (AvgIpc) is 2.04. The largest absolute Gasteiger partial charge is 0.263 e. The van der Waals surface area contributed by atoms with Gasteiger partial charge in [0.25, 0.3) is 0 Å². The summed E-state index contributed by atoms with van der Waals surface area (Å²) in [5.74, 6) is 0. The zero-order valence-electron chi connectivity index (χ0n) is 6.09. The Kier molecular flexibility index (Phi) is 2.19. The van der Waals surface area contributed by atoms with Gasteiger partial charge in [-0.2, -0.15) is 0 Å². The molecule has 2 aromatic rings. The van der Waals surface area contributed by atoms with Crippen LogP contribution in [0.15, 0.2) is 30.6 Å². The van der Waals surface area contributed by atoms with Gasteiger partial charge in [-0.1, -0.05) is 23.7 Å². The lowest BCUT2D eigenvalue weighted by Gasteiger charge is -2.00. The van der Waals surface area contributed by atoms with Gasteiger partial charge in [0.1, 0.15) is 0 Å². The predicted octanol–water partition coefficient (Wildman–Crippen LogP) is 3.49. The number of aromatic nitrogens is 1. The first kappa shape index (κ1) is 8.26. The van der Waals surface area contributed by atoms with Crippen LogP contribution in [0.2, 0.25) is 5.02 Å². The summed E-state index contributed by atoms with van der Waals surface area (Å²) in [4.78, 5) is 4.09. The molecule has 0 saturated carbocycles. The summed E-state index contributed by atoms with van der Waals surface area (Å²) in [6.07, 6.45) is 3.64. The van der Waals surface area contributed by atoms with Crippen LogP contribution in [0.3, 0.4) is 0 Å². The third kappa shape index (κ3) is 1.29. The lowest BCUT2D eigenvalue weighted by atomic mass is 10.2. The number of hydrogen-bond donors (Lipinski definition) is 0. The molecule has 12 heavy (non-hydrogen) atoms. The molecule has 0 amide bonds. The Bertz CT molecular complexity index is 391. The molecule has 0 bridgehead atoms. The molecule has 3 heteroatoms. The summed E-state index contributed by atoms with van der Waals surface area (Å²) < 4.78 is 1.09. The molecule has 1 heterocycles. The van der Waals surface area contributed by atoms with Gasteiger partial charge < -0.3 is 0 Å². The molecular formula is C9H5ClIN. The third-order valence-corrected chi connectivity index (χ3v) is 2.82. The minimum Gasteiger partial charge on any atom is -0.263 e. The lowest BCUT2D eigenvalue weighted by molar-refractivity contribution is 1.35. The summed E-state index contributed by atoms with van der Waals surface area (Å²) >= 11 is 8.27. The number of rotatable bonds is 0. The molecule has 0 aliphatic carbocycles.